The number of esters is 1. The van der Waals surface area contributed by atoms with E-state index < -0.39 is 12.1 Å². The number of carbonyl (C=O) groups excluding carboxylic acids is 2. The summed E-state index contributed by atoms with van der Waals surface area (Å²) in [6, 6.07) is 7.04. The van der Waals surface area contributed by atoms with E-state index in [4.69, 9.17) is 14.2 Å². The van der Waals surface area contributed by atoms with Gasteiger partial charge in [-0.15, -0.1) is 0 Å². The minimum atomic E-state index is -0.873. The van der Waals surface area contributed by atoms with Crippen LogP contribution in [0.1, 0.15) is 12.5 Å². The molecule has 0 radical (unpaired) electrons. The van der Waals surface area contributed by atoms with Crippen molar-refractivity contribution in [2.75, 3.05) is 45.3 Å². The van der Waals surface area contributed by atoms with Crippen LogP contribution in [-0.2, 0) is 14.3 Å². The third kappa shape index (κ3) is 5.71. The standard InChI is InChI=1S/C22H26N4O5/c1-16(21(28)25-11-13-26(14-12-25)22-23-9-4-10-24-22)31-20(27)8-6-17-5-7-18(29-2)19(15-17)30-3/h4-10,15-16H,11-14H2,1-3H3/b8-6+. The number of ether oxygens (including phenoxy) is 3. The number of amides is 1. The average Bonchev–Trinajstić information content (AvgIpc) is 2.82. The molecule has 0 aliphatic carbocycles. The molecule has 1 amide bonds. The van der Waals surface area contributed by atoms with Gasteiger partial charge in [-0.05, 0) is 36.8 Å². The summed E-state index contributed by atoms with van der Waals surface area (Å²) in [5, 5.41) is 0. The molecule has 1 fully saturated rings. The number of anilines is 1. The Balaban J connectivity index is 1.50. The van der Waals surface area contributed by atoms with Crippen LogP contribution in [0.3, 0.4) is 0 Å². The van der Waals surface area contributed by atoms with E-state index >= 15 is 0 Å². The number of methoxy groups -OCH3 is 2. The number of aromatic nitrogens is 2. The number of carbonyl (C=O) groups is 2. The summed E-state index contributed by atoms with van der Waals surface area (Å²) in [5.74, 6) is 0.991. The molecule has 9 nitrogen and oxygen atoms in total. The van der Waals surface area contributed by atoms with Crippen molar-refractivity contribution in [1.29, 1.82) is 0 Å². The summed E-state index contributed by atoms with van der Waals surface area (Å²) in [5.41, 5.74) is 0.743. The van der Waals surface area contributed by atoms with E-state index in [-0.39, 0.29) is 5.91 Å². The highest BCUT2D eigenvalue weighted by atomic mass is 16.5. The van der Waals surface area contributed by atoms with Crippen molar-refractivity contribution in [2.45, 2.75) is 13.0 Å². The second-order valence-corrected chi connectivity index (χ2v) is 6.89. The smallest absolute Gasteiger partial charge is 0.331 e. The van der Waals surface area contributed by atoms with Crippen LogP contribution in [-0.4, -0.2) is 73.2 Å². The average molecular weight is 426 g/mol. The highest BCUT2D eigenvalue weighted by molar-refractivity contribution is 5.90. The first kappa shape index (κ1) is 22.1. The lowest BCUT2D eigenvalue weighted by Crippen LogP contribution is -2.52. The van der Waals surface area contributed by atoms with Crippen molar-refractivity contribution in [1.82, 2.24) is 14.9 Å². The SMILES string of the molecule is COc1ccc(/C=C/C(=O)OC(C)C(=O)N2CCN(c3ncccn3)CC2)cc1OC. The van der Waals surface area contributed by atoms with Gasteiger partial charge in [0.15, 0.2) is 17.6 Å². The van der Waals surface area contributed by atoms with E-state index in [1.165, 1.54) is 6.08 Å². The fourth-order valence-corrected chi connectivity index (χ4v) is 3.22. The Labute approximate surface area is 181 Å². The number of piperazine rings is 1. The number of hydrogen-bond donors (Lipinski definition) is 0. The zero-order valence-corrected chi connectivity index (χ0v) is 17.9. The third-order valence-corrected chi connectivity index (χ3v) is 4.89. The van der Waals surface area contributed by atoms with Crippen LogP contribution in [0.25, 0.3) is 6.08 Å². The molecule has 1 aliphatic rings. The summed E-state index contributed by atoms with van der Waals surface area (Å²) in [7, 11) is 3.10. The second kappa shape index (κ2) is 10.4. The molecule has 2 heterocycles. The molecule has 1 aromatic carbocycles. The van der Waals surface area contributed by atoms with Crippen LogP contribution in [0.5, 0.6) is 11.5 Å². The van der Waals surface area contributed by atoms with Crippen LogP contribution in [0.4, 0.5) is 5.95 Å². The van der Waals surface area contributed by atoms with Gasteiger partial charge in [0, 0.05) is 44.6 Å². The van der Waals surface area contributed by atoms with Crippen molar-refractivity contribution < 1.29 is 23.8 Å². The molecule has 1 atom stereocenters. The van der Waals surface area contributed by atoms with E-state index in [2.05, 4.69) is 9.97 Å². The molecule has 31 heavy (non-hydrogen) atoms. The Hall–Kier alpha value is -3.62. The molecule has 3 rings (SSSR count). The van der Waals surface area contributed by atoms with Crippen molar-refractivity contribution in [3.63, 3.8) is 0 Å². The minimum Gasteiger partial charge on any atom is -0.493 e. The molecule has 1 aromatic heterocycles. The molecule has 0 saturated carbocycles. The van der Waals surface area contributed by atoms with E-state index in [1.807, 2.05) is 4.90 Å². The highest BCUT2D eigenvalue weighted by Gasteiger charge is 2.27. The van der Waals surface area contributed by atoms with Gasteiger partial charge < -0.3 is 24.0 Å². The molecule has 0 spiro atoms. The van der Waals surface area contributed by atoms with E-state index in [0.717, 1.165) is 5.56 Å². The first-order chi connectivity index (χ1) is 15.0. The van der Waals surface area contributed by atoms with Crippen LogP contribution in [0.15, 0.2) is 42.7 Å². The molecular weight excluding hydrogens is 400 g/mol. The monoisotopic (exact) mass is 426 g/mol. The van der Waals surface area contributed by atoms with Gasteiger partial charge >= 0.3 is 5.97 Å². The van der Waals surface area contributed by atoms with Crippen molar-refractivity contribution in [2.24, 2.45) is 0 Å². The first-order valence-electron chi connectivity index (χ1n) is 9.93. The van der Waals surface area contributed by atoms with Gasteiger partial charge in [-0.3, -0.25) is 4.79 Å². The lowest BCUT2D eigenvalue weighted by atomic mass is 10.2. The third-order valence-electron chi connectivity index (χ3n) is 4.89. The molecule has 9 heteroatoms. The van der Waals surface area contributed by atoms with Gasteiger partial charge in [0.25, 0.3) is 5.91 Å². The maximum Gasteiger partial charge on any atom is 0.331 e. The van der Waals surface area contributed by atoms with Crippen LogP contribution in [0.2, 0.25) is 0 Å². The van der Waals surface area contributed by atoms with Crippen molar-refractivity contribution in [3.05, 3.63) is 48.3 Å². The van der Waals surface area contributed by atoms with Gasteiger partial charge in [-0.25, -0.2) is 14.8 Å². The molecule has 1 aliphatic heterocycles. The second-order valence-electron chi connectivity index (χ2n) is 6.89. The Bertz CT molecular complexity index is 927. The fourth-order valence-electron chi connectivity index (χ4n) is 3.22. The molecule has 2 aromatic rings. The van der Waals surface area contributed by atoms with Crippen LogP contribution < -0.4 is 14.4 Å². The van der Waals surface area contributed by atoms with E-state index in [1.54, 1.807) is 68.8 Å². The van der Waals surface area contributed by atoms with Crippen LogP contribution in [0, 0.1) is 0 Å². The number of nitrogens with zero attached hydrogens (tertiary/aromatic N) is 4. The fraction of sp³-hybridized carbons (Fsp3) is 0.364. The topological polar surface area (TPSA) is 94.1 Å². The van der Waals surface area contributed by atoms with Crippen molar-refractivity contribution in [3.8, 4) is 11.5 Å². The van der Waals surface area contributed by atoms with Gasteiger partial charge in [-0.1, -0.05) is 6.07 Å². The number of rotatable bonds is 7. The van der Waals surface area contributed by atoms with Gasteiger partial charge in [0.05, 0.1) is 14.2 Å². The lowest BCUT2D eigenvalue weighted by molar-refractivity contribution is -0.155. The van der Waals surface area contributed by atoms with Crippen LogP contribution >= 0.6 is 0 Å². The number of benzene rings is 1. The molecule has 1 unspecified atom stereocenters. The Kier molecular flexibility index (Phi) is 7.42. The number of hydrogen-bond acceptors (Lipinski definition) is 8. The summed E-state index contributed by atoms with van der Waals surface area (Å²) >= 11 is 0. The van der Waals surface area contributed by atoms with Gasteiger partial charge in [0.1, 0.15) is 0 Å². The zero-order chi connectivity index (χ0) is 22.2. The van der Waals surface area contributed by atoms with Crippen molar-refractivity contribution >= 4 is 23.9 Å². The molecular formula is C22H26N4O5. The predicted octanol–water partition coefficient (Wildman–Crippen LogP) is 1.79. The Morgan fingerprint density at radius 3 is 2.35 bits per heavy atom. The summed E-state index contributed by atoms with van der Waals surface area (Å²) in [4.78, 5) is 37.0. The summed E-state index contributed by atoms with van der Waals surface area (Å²) in [6.45, 7) is 3.85. The van der Waals surface area contributed by atoms with Gasteiger partial charge in [0.2, 0.25) is 5.95 Å². The largest absolute Gasteiger partial charge is 0.493 e. The molecule has 1 saturated heterocycles. The normalized spacial score (nSPS) is 14.9. The summed E-state index contributed by atoms with van der Waals surface area (Å²) < 4.78 is 15.7. The molecule has 164 valence electrons. The molecule has 0 bridgehead atoms. The quantitative estimate of drug-likeness (QED) is 0.489. The van der Waals surface area contributed by atoms with Gasteiger partial charge in [-0.2, -0.15) is 0 Å². The minimum absolute atomic E-state index is 0.221. The Morgan fingerprint density at radius 2 is 1.71 bits per heavy atom. The van der Waals surface area contributed by atoms with E-state index in [0.29, 0.717) is 43.6 Å². The summed E-state index contributed by atoms with van der Waals surface area (Å²) in [6.07, 6.45) is 5.39. The lowest BCUT2D eigenvalue weighted by Gasteiger charge is -2.35. The van der Waals surface area contributed by atoms with E-state index in [9.17, 15) is 9.59 Å². The highest BCUT2D eigenvalue weighted by Crippen LogP contribution is 2.28. The molecule has 0 N–H and O–H groups in total. The Morgan fingerprint density at radius 1 is 1.03 bits per heavy atom. The predicted molar refractivity (Wildman–Crippen MR) is 115 cm³/mol. The maximum absolute atomic E-state index is 12.6. The zero-order valence-electron chi connectivity index (χ0n) is 17.9. The first-order valence-corrected chi connectivity index (χ1v) is 9.93. The maximum atomic E-state index is 12.6.